The van der Waals surface area contributed by atoms with Gasteiger partial charge in [0.1, 0.15) is 5.75 Å². The summed E-state index contributed by atoms with van der Waals surface area (Å²) in [5.74, 6) is 0.627. The summed E-state index contributed by atoms with van der Waals surface area (Å²) in [5, 5.41) is 9.91. The molecule has 0 aliphatic carbocycles. The SMILES string of the molecule is CCOP(=O)(Cl)C[C@@H](O)c1cccc(OC)c1. The lowest BCUT2D eigenvalue weighted by molar-refractivity contribution is 0.195. The molecule has 0 fully saturated rings. The van der Waals surface area contributed by atoms with Crippen molar-refractivity contribution in [2.45, 2.75) is 13.0 Å². The molecule has 96 valence electrons. The molecule has 0 aliphatic heterocycles. The maximum Gasteiger partial charge on any atom is 0.293 e. The Balaban J connectivity index is 2.75. The van der Waals surface area contributed by atoms with Crippen LogP contribution in [0.15, 0.2) is 24.3 Å². The fraction of sp³-hybridized carbons (Fsp3) is 0.455. The Hall–Kier alpha value is -0.540. The van der Waals surface area contributed by atoms with Crippen LogP contribution < -0.4 is 4.74 Å². The summed E-state index contributed by atoms with van der Waals surface area (Å²) in [6.45, 7) is -1.30. The number of hydrogen-bond acceptors (Lipinski definition) is 4. The van der Waals surface area contributed by atoms with Crippen molar-refractivity contribution in [2.75, 3.05) is 19.9 Å². The Bertz CT molecular complexity index is 410. The van der Waals surface area contributed by atoms with E-state index in [9.17, 15) is 9.67 Å². The topological polar surface area (TPSA) is 55.8 Å². The maximum absolute atomic E-state index is 11.7. The molecule has 0 saturated carbocycles. The number of aliphatic hydroxyl groups excluding tert-OH is 1. The van der Waals surface area contributed by atoms with Gasteiger partial charge in [-0.3, -0.25) is 4.57 Å². The zero-order chi connectivity index (χ0) is 12.9. The highest BCUT2D eigenvalue weighted by Crippen LogP contribution is 2.54. The third kappa shape index (κ3) is 4.68. The second-order valence-electron chi connectivity index (χ2n) is 3.48. The molecule has 0 amide bonds. The van der Waals surface area contributed by atoms with E-state index in [-0.39, 0.29) is 12.8 Å². The van der Waals surface area contributed by atoms with Gasteiger partial charge >= 0.3 is 0 Å². The van der Waals surface area contributed by atoms with Gasteiger partial charge in [-0.25, -0.2) is 0 Å². The number of aliphatic hydroxyl groups is 1. The maximum atomic E-state index is 11.7. The van der Waals surface area contributed by atoms with Crippen molar-refractivity contribution in [1.82, 2.24) is 0 Å². The highest BCUT2D eigenvalue weighted by molar-refractivity contribution is 7.85. The predicted molar refractivity (Wildman–Crippen MR) is 67.9 cm³/mol. The van der Waals surface area contributed by atoms with E-state index in [2.05, 4.69) is 0 Å². The van der Waals surface area contributed by atoms with Crippen LogP contribution in [0.4, 0.5) is 0 Å². The second-order valence-corrected chi connectivity index (χ2v) is 6.83. The van der Waals surface area contributed by atoms with E-state index < -0.39 is 12.8 Å². The van der Waals surface area contributed by atoms with Gasteiger partial charge in [-0.05, 0) is 35.9 Å². The van der Waals surface area contributed by atoms with Crippen LogP contribution in [-0.2, 0) is 9.09 Å². The molecule has 1 rings (SSSR count). The Morgan fingerprint density at radius 2 is 2.24 bits per heavy atom. The van der Waals surface area contributed by atoms with Gasteiger partial charge in [-0.1, -0.05) is 12.1 Å². The van der Waals surface area contributed by atoms with Crippen molar-refractivity contribution in [2.24, 2.45) is 0 Å². The van der Waals surface area contributed by atoms with Crippen molar-refractivity contribution >= 4 is 18.0 Å². The quantitative estimate of drug-likeness (QED) is 0.812. The molecule has 2 atom stereocenters. The van der Waals surface area contributed by atoms with Crippen LogP contribution in [0.3, 0.4) is 0 Å². The Morgan fingerprint density at radius 3 is 2.82 bits per heavy atom. The Morgan fingerprint density at radius 1 is 1.53 bits per heavy atom. The van der Waals surface area contributed by atoms with E-state index in [1.165, 1.54) is 7.11 Å². The number of methoxy groups -OCH3 is 1. The van der Waals surface area contributed by atoms with E-state index in [0.29, 0.717) is 11.3 Å². The van der Waals surface area contributed by atoms with E-state index >= 15 is 0 Å². The van der Waals surface area contributed by atoms with Crippen LogP contribution in [0.5, 0.6) is 5.75 Å². The summed E-state index contributed by atoms with van der Waals surface area (Å²) in [4.78, 5) is 0. The zero-order valence-electron chi connectivity index (χ0n) is 9.80. The van der Waals surface area contributed by atoms with E-state index in [1.54, 1.807) is 31.2 Å². The van der Waals surface area contributed by atoms with Crippen LogP contribution in [0.1, 0.15) is 18.6 Å². The number of halogens is 1. The summed E-state index contributed by atoms with van der Waals surface area (Å²) in [7, 11) is 1.54. The average Bonchev–Trinajstić information content (AvgIpc) is 2.28. The number of hydrogen-bond donors (Lipinski definition) is 1. The van der Waals surface area contributed by atoms with Gasteiger partial charge in [0.15, 0.2) is 0 Å². The van der Waals surface area contributed by atoms with Gasteiger partial charge in [-0.15, -0.1) is 0 Å². The van der Waals surface area contributed by atoms with Crippen molar-refractivity contribution in [3.8, 4) is 5.75 Å². The highest BCUT2D eigenvalue weighted by Gasteiger charge is 2.24. The standard InChI is InChI=1S/C11H16ClO4P/c1-3-16-17(12,14)8-11(13)9-5-4-6-10(7-9)15-2/h4-7,11,13H,3,8H2,1-2H3/t11-,17?/m1/s1. The summed E-state index contributed by atoms with van der Waals surface area (Å²) >= 11 is 5.70. The first-order chi connectivity index (χ1) is 7.98. The van der Waals surface area contributed by atoms with E-state index in [1.807, 2.05) is 0 Å². The molecular weight excluding hydrogens is 263 g/mol. The van der Waals surface area contributed by atoms with Gasteiger partial charge in [0, 0.05) is 0 Å². The Kier molecular flexibility index (Phi) is 5.47. The lowest BCUT2D eigenvalue weighted by atomic mass is 10.1. The summed E-state index contributed by atoms with van der Waals surface area (Å²) in [6, 6.07) is 6.90. The molecule has 0 saturated heterocycles. The lowest BCUT2D eigenvalue weighted by Gasteiger charge is -2.15. The van der Waals surface area contributed by atoms with Gasteiger partial charge in [0.05, 0.1) is 26.0 Å². The van der Waals surface area contributed by atoms with E-state index in [4.69, 9.17) is 20.5 Å². The van der Waals surface area contributed by atoms with Gasteiger partial charge in [-0.2, -0.15) is 0 Å². The van der Waals surface area contributed by atoms with Gasteiger partial charge in [0.2, 0.25) is 0 Å². The molecule has 1 unspecified atom stereocenters. The summed E-state index contributed by atoms with van der Waals surface area (Å²) in [6.07, 6.45) is -1.05. The fourth-order valence-corrected chi connectivity index (χ4v) is 3.21. The molecule has 6 heteroatoms. The minimum absolute atomic E-state index is 0.116. The highest BCUT2D eigenvalue weighted by atomic mass is 35.7. The number of rotatable bonds is 6. The number of benzene rings is 1. The summed E-state index contributed by atoms with van der Waals surface area (Å²) in [5.41, 5.74) is 0.602. The van der Waals surface area contributed by atoms with Crippen LogP contribution in [-0.4, -0.2) is 25.0 Å². The first-order valence-corrected chi connectivity index (χ1v) is 7.95. The van der Waals surface area contributed by atoms with Crippen LogP contribution in [0, 0.1) is 0 Å². The van der Waals surface area contributed by atoms with Crippen molar-refractivity contribution < 1.29 is 18.9 Å². The second kappa shape index (κ2) is 6.41. The zero-order valence-corrected chi connectivity index (χ0v) is 11.4. The Labute approximate surface area is 106 Å². The average molecular weight is 279 g/mol. The molecule has 1 aromatic carbocycles. The number of ether oxygens (including phenoxy) is 1. The smallest absolute Gasteiger partial charge is 0.293 e. The predicted octanol–water partition coefficient (Wildman–Crippen LogP) is 3.20. The van der Waals surface area contributed by atoms with Crippen LogP contribution in [0.2, 0.25) is 0 Å². The van der Waals surface area contributed by atoms with Gasteiger partial charge < -0.3 is 14.4 Å². The third-order valence-electron chi connectivity index (χ3n) is 2.19. The molecule has 0 aromatic heterocycles. The normalized spacial score (nSPS) is 16.2. The van der Waals surface area contributed by atoms with Crippen molar-refractivity contribution in [3.63, 3.8) is 0 Å². The molecule has 0 aliphatic rings. The molecular formula is C11H16ClO4P. The molecule has 17 heavy (non-hydrogen) atoms. The monoisotopic (exact) mass is 278 g/mol. The molecule has 1 aromatic rings. The van der Waals surface area contributed by atoms with E-state index in [0.717, 1.165) is 0 Å². The first kappa shape index (κ1) is 14.5. The summed E-state index contributed by atoms with van der Waals surface area (Å²) < 4.78 is 21.7. The molecule has 1 N–H and O–H groups in total. The molecule has 0 heterocycles. The van der Waals surface area contributed by atoms with Crippen LogP contribution in [0.25, 0.3) is 0 Å². The largest absolute Gasteiger partial charge is 0.497 e. The molecule has 0 bridgehead atoms. The molecule has 0 radical (unpaired) electrons. The minimum Gasteiger partial charge on any atom is -0.497 e. The van der Waals surface area contributed by atoms with Gasteiger partial charge in [0.25, 0.3) is 6.72 Å². The lowest BCUT2D eigenvalue weighted by Crippen LogP contribution is -2.04. The minimum atomic E-state index is -3.26. The van der Waals surface area contributed by atoms with Crippen LogP contribution >= 0.6 is 18.0 Å². The van der Waals surface area contributed by atoms with Crippen molar-refractivity contribution in [1.29, 1.82) is 0 Å². The molecule has 0 spiro atoms. The molecule has 4 nitrogen and oxygen atoms in total. The third-order valence-corrected chi connectivity index (χ3v) is 4.32. The first-order valence-electron chi connectivity index (χ1n) is 5.24. The van der Waals surface area contributed by atoms with Crippen molar-refractivity contribution in [3.05, 3.63) is 29.8 Å². The fourth-order valence-electron chi connectivity index (χ4n) is 1.41.